The molecule has 0 radical (unpaired) electrons. The van der Waals surface area contributed by atoms with Crippen LogP contribution < -0.4 is 10.0 Å². The SMILES string of the molecule is CNC(=O)c1c(-c2ccc(C)cc2)oc2nc(CS(=O)(=O)NCCC[C@H](C)C(=O)O)c(C3CC3)cc12. The van der Waals surface area contributed by atoms with E-state index in [0.29, 0.717) is 35.2 Å². The fourth-order valence-corrected chi connectivity index (χ4v) is 5.34. The number of pyridine rings is 1. The number of furan rings is 1. The number of benzene rings is 1. The lowest BCUT2D eigenvalue weighted by Crippen LogP contribution is -2.27. The summed E-state index contributed by atoms with van der Waals surface area (Å²) in [5.74, 6) is -1.46. The minimum Gasteiger partial charge on any atom is -0.481 e. The number of hydrogen-bond acceptors (Lipinski definition) is 6. The zero-order chi connectivity index (χ0) is 26.0. The van der Waals surface area contributed by atoms with Crippen LogP contribution in [0.2, 0.25) is 0 Å². The number of carbonyl (C=O) groups is 2. The van der Waals surface area contributed by atoms with Crippen LogP contribution in [0.5, 0.6) is 0 Å². The molecule has 1 aliphatic rings. The number of fused-ring (bicyclic) bond motifs is 1. The average Bonchev–Trinajstić information content (AvgIpc) is 3.61. The summed E-state index contributed by atoms with van der Waals surface area (Å²) < 4.78 is 34.3. The molecule has 2 aromatic heterocycles. The van der Waals surface area contributed by atoms with E-state index >= 15 is 0 Å². The van der Waals surface area contributed by atoms with E-state index in [2.05, 4.69) is 15.0 Å². The van der Waals surface area contributed by atoms with Crippen LogP contribution in [0.1, 0.15) is 65.7 Å². The Morgan fingerprint density at radius 3 is 2.53 bits per heavy atom. The number of carboxylic acids is 1. The van der Waals surface area contributed by atoms with Gasteiger partial charge in [0.2, 0.25) is 15.7 Å². The van der Waals surface area contributed by atoms with Crippen molar-refractivity contribution in [2.75, 3.05) is 13.6 Å². The first kappa shape index (κ1) is 25.8. The second-order valence-corrected chi connectivity index (χ2v) is 11.2. The maximum absolute atomic E-state index is 12.9. The van der Waals surface area contributed by atoms with Gasteiger partial charge in [0.05, 0.1) is 22.6 Å². The maximum Gasteiger partial charge on any atom is 0.306 e. The topological polar surface area (TPSA) is 139 Å². The van der Waals surface area contributed by atoms with Crippen molar-refractivity contribution in [1.82, 2.24) is 15.0 Å². The molecule has 10 heteroatoms. The Morgan fingerprint density at radius 2 is 1.92 bits per heavy atom. The van der Waals surface area contributed by atoms with Crippen LogP contribution >= 0.6 is 0 Å². The van der Waals surface area contributed by atoms with Crippen LogP contribution in [0.25, 0.3) is 22.4 Å². The largest absolute Gasteiger partial charge is 0.481 e. The van der Waals surface area contributed by atoms with Crippen LogP contribution in [0.15, 0.2) is 34.7 Å². The number of aryl methyl sites for hydroxylation is 1. The minimum atomic E-state index is -3.71. The molecule has 36 heavy (non-hydrogen) atoms. The fourth-order valence-electron chi connectivity index (χ4n) is 4.19. The third-order valence-electron chi connectivity index (χ3n) is 6.46. The van der Waals surface area contributed by atoms with E-state index in [0.717, 1.165) is 29.5 Å². The molecule has 4 rings (SSSR count). The van der Waals surface area contributed by atoms with Crippen molar-refractivity contribution in [3.8, 4) is 11.3 Å². The molecule has 1 saturated carbocycles. The summed E-state index contributed by atoms with van der Waals surface area (Å²) in [6, 6.07) is 9.47. The predicted octanol–water partition coefficient (Wildman–Crippen LogP) is 3.96. The summed E-state index contributed by atoms with van der Waals surface area (Å²) >= 11 is 0. The van der Waals surface area contributed by atoms with Crippen molar-refractivity contribution in [1.29, 1.82) is 0 Å². The van der Waals surface area contributed by atoms with Gasteiger partial charge in [0.1, 0.15) is 11.5 Å². The fraction of sp³-hybridized carbons (Fsp3) is 0.423. The molecule has 3 N–H and O–H groups in total. The molecular weight excluding hydrogens is 482 g/mol. The molecular formula is C26H31N3O6S. The van der Waals surface area contributed by atoms with Crippen LogP contribution in [-0.4, -0.2) is 44.0 Å². The van der Waals surface area contributed by atoms with Crippen LogP contribution in [0, 0.1) is 12.8 Å². The van der Waals surface area contributed by atoms with Gasteiger partial charge in [0, 0.05) is 19.2 Å². The lowest BCUT2D eigenvalue weighted by molar-refractivity contribution is -0.141. The summed E-state index contributed by atoms with van der Waals surface area (Å²) in [5, 5.41) is 12.2. The Balaban J connectivity index is 1.66. The van der Waals surface area contributed by atoms with Crippen molar-refractivity contribution >= 4 is 33.0 Å². The molecule has 1 atom stereocenters. The van der Waals surface area contributed by atoms with Crippen molar-refractivity contribution in [3.63, 3.8) is 0 Å². The number of carboxylic acid groups (broad SMARTS) is 1. The van der Waals surface area contributed by atoms with Crippen molar-refractivity contribution in [3.05, 3.63) is 52.7 Å². The predicted molar refractivity (Wildman–Crippen MR) is 136 cm³/mol. The molecule has 1 aliphatic carbocycles. The van der Waals surface area contributed by atoms with E-state index in [1.807, 2.05) is 37.3 Å². The first-order valence-corrected chi connectivity index (χ1v) is 13.7. The Hall–Kier alpha value is -3.24. The second-order valence-electron chi connectivity index (χ2n) is 9.44. The van der Waals surface area contributed by atoms with Crippen molar-refractivity contribution in [2.24, 2.45) is 5.92 Å². The van der Waals surface area contributed by atoms with E-state index in [4.69, 9.17) is 9.52 Å². The Morgan fingerprint density at radius 1 is 1.22 bits per heavy atom. The van der Waals surface area contributed by atoms with Gasteiger partial charge in [-0.3, -0.25) is 9.59 Å². The Bertz CT molecular complexity index is 1390. The maximum atomic E-state index is 12.9. The highest BCUT2D eigenvalue weighted by Crippen LogP contribution is 2.44. The molecule has 0 aliphatic heterocycles. The highest BCUT2D eigenvalue weighted by atomic mass is 32.2. The molecule has 3 aromatic rings. The summed E-state index contributed by atoms with van der Waals surface area (Å²) in [6.07, 6.45) is 2.66. The van der Waals surface area contributed by atoms with Crippen molar-refractivity contribution in [2.45, 2.75) is 51.2 Å². The lowest BCUT2D eigenvalue weighted by atomic mass is 10.0. The average molecular weight is 514 g/mol. The number of nitrogens with zero attached hydrogens (tertiary/aromatic N) is 1. The summed E-state index contributed by atoms with van der Waals surface area (Å²) in [5.41, 5.74) is 3.62. The molecule has 0 spiro atoms. The summed E-state index contributed by atoms with van der Waals surface area (Å²) in [7, 11) is -2.16. The van der Waals surface area contributed by atoms with Gasteiger partial charge in [-0.25, -0.2) is 18.1 Å². The number of hydrogen-bond donors (Lipinski definition) is 3. The monoisotopic (exact) mass is 513 g/mol. The summed E-state index contributed by atoms with van der Waals surface area (Å²) in [4.78, 5) is 28.4. The number of aromatic nitrogens is 1. The molecule has 0 bridgehead atoms. The van der Waals surface area contributed by atoms with Gasteiger partial charge in [-0.05, 0) is 50.2 Å². The number of carbonyl (C=O) groups excluding carboxylic acids is 1. The third-order valence-corrected chi connectivity index (χ3v) is 7.76. The third kappa shape index (κ3) is 5.76. The summed E-state index contributed by atoms with van der Waals surface area (Å²) in [6.45, 7) is 3.72. The van der Waals surface area contributed by atoms with E-state index < -0.39 is 21.9 Å². The number of rotatable bonds is 11. The Labute approximate surface area is 210 Å². The second kappa shape index (κ2) is 10.4. The van der Waals surface area contributed by atoms with Gasteiger partial charge in [-0.2, -0.15) is 0 Å². The molecule has 1 fully saturated rings. The van der Waals surface area contributed by atoms with E-state index in [1.165, 1.54) is 0 Å². The zero-order valence-corrected chi connectivity index (χ0v) is 21.4. The molecule has 0 unspecified atom stereocenters. The standard InChI is InChI=1S/C26H31N3O6S/c1-15-6-8-18(9-7-15)23-22(24(30)27-3)20-13-19(17-10-11-17)21(29-25(20)35-23)14-36(33,34)28-12-4-5-16(2)26(31)32/h6-9,13,16-17,28H,4-5,10-12,14H2,1-3H3,(H,27,30)(H,31,32)/t16-/m0/s1. The smallest absolute Gasteiger partial charge is 0.306 e. The van der Waals surface area contributed by atoms with Crippen LogP contribution in [0.3, 0.4) is 0 Å². The van der Waals surface area contributed by atoms with Crippen LogP contribution in [0.4, 0.5) is 0 Å². The molecule has 0 saturated heterocycles. The number of aliphatic carboxylic acids is 1. The van der Waals surface area contributed by atoms with E-state index in [-0.39, 0.29) is 29.8 Å². The molecule has 2 heterocycles. The highest BCUT2D eigenvalue weighted by Gasteiger charge is 2.31. The lowest BCUT2D eigenvalue weighted by Gasteiger charge is -2.11. The van der Waals surface area contributed by atoms with Gasteiger partial charge in [-0.15, -0.1) is 0 Å². The number of amides is 1. The van der Waals surface area contributed by atoms with Gasteiger partial charge in [0.25, 0.3) is 5.91 Å². The van der Waals surface area contributed by atoms with Gasteiger partial charge in [-0.1, -0.05) is 36.8 Å². The quantitative estimate of drug-likeness (QED) is 0.330. The van der Waals surface area contributed by atoms with Crippen molar-refractivity contribution < 1.29 is 27.5 Å². The number of sulfonamides is 1. The highest BCUT2D eigenvalue weighted by molar-refractivity contribution is 7.88. The molecule has 9 nitrogen and oxygen atoms in total. The van der Waals surface area contributed by atoms with Gasteiger partial charge in [0.15, 0.2) is 0 Å². The van der Waals surface area contributed by atoms with E-state index in [9.17, 15) is 18.0 Å². The molecule has 1 amide bonds. The first-order chi connectivity index (χ1) is 17.1. The molecule has 1 aromatic carbocycles. The molecule has 192 valence electrons. The zero-order valence-electron chi connectivity index (χ0n) is 20.6. The normalized spacial score (nSPS) is 14.6. The number of nitrogens with one attached hydrogen (secondary N) is 2. The van der Waals surface area contributed by atoms with E-state index in [1.54, 1.807) is 14.0 Å². The van der Waals surface area contributed by atoms with Crippen LogP contribution in [-0.2, 0) is 20.6 Å². The van der Waals surface area contributed by atoms with Gasteiger partial charge < -0.3 is 14.8 Å². The first-order valence-electron chi connectivity index (χ1n) is 12.0. The minimum absolute atomic E-state index is 0.153. The Kier molecular flexibility index (Phi) is 7.46. The van der Waals surface area contributed by atoms with Gasteiger partial charge >= 0.3 is 5.97 Å².